The first kappa shape index (κ1) is 16.1. The Hall–Kier alpha value is -2.28. The Labute approximate surface area is 126 Å². The molecule has 0 aromatic heterocycles. The largest absolute Gasteiger partial charge is 0.341 e. The highest BCUT2D eigenvalue weighted by Crippen LogP contribution is 2.19. The Morgan fingerprint density at radius 1 is 1.09 bits per heavy atom. The second kappa shape index (κ2) is 6.23. The van der Waals surface area contributed by atoms with E-state index < -0.39 is 26.4 Å². The maximum Gasteiger partial charge on any atom is 0.341 e. The molecule has 0 unspecified atom stereocenters. The number of rotatable bonds is 4. The van der Waals surface area contributed by atoms with Crippen LogP contribution in [0.15, 0.2) is 53.4 Å². The molecule has 0 aliphatic heterocycles. The zero-order valence-corrected chi connectivity index (χ0v) is 12.4. The lowest BCUT2D eigenvalue weighted by molar-refractivity contribution is 0.102. The fourth-order valence-corrected chi connectivity index (χ4v) is 2.55. The summed E-state index contributed by atoms with van der Waals surface area (Å²) in [5.41, 5.74) is 1.74. The summed E-state index contributed by atoms with van der Waals surface area (Å²) in [6, 6.07) is 11.5. The van der Waals surface area contributed by atoms with Gasteiger partial charge in [0.1, 0.15) is 0 Å². The van der Waals surface area contributed by atoms with Gasteiger partial charge in [0, 0.05) is 11.3 Å². The van der Waals surface area contributed by atoms with Crippen molar-refractivity contribution in [2.75, 3.05) is 5.32 Å². The van der Waals surface area contributed by atoms with Gasteiger partial charge >= 0.3 is 5.76 Å². The first-order valence-electron chi connectivity index (χ1n) is 6.31. The first-order valence-corrected chi connectivity index (χ1v) is 7.85. The number of nitrogens with one attached hydrogen (secondary N) is 1. The van der Waals surface area contributed by atoms with E-state index in [4.69, 9.17) is 0 Å². The number of hydrogen-bond donors (Lipinski definition) is 1. The van der Waals surface area contributed by atoms with Gasteiger partial charge in [0.25, 0.3) is 5.91 Å². The van der Waals surface area contributed by atoms with Crippen LogP contribution in [0.4, 0.5) is 14.5 Å². The number of amides is 1. The Kier molecular flexibility index (Phi) is 4.56. The van der Waals surface area contributed by atoms with E-state index >= 15 is 0 Å². The number of sulfone groups is 1. The predicted molar refractivity (Wildman–Crippen MR) is 78.8 cm³/mol. The molecule has 1 N–H and O–H groups in total. The zero-order chi connectivity index (χ0) is 16.3. The number of benzene rings is 2. The number of anilines is 1. The van der Waals surface area contributed by atoms with Gasteiger partial charge in [-0.05, 0) is 48.9 Å². The normalized spacial score (nSPS) is 11.5. The fourth-order valence-electron chi connectivity index (χ4n) is 1.82. The standard InChI is InChI=1S/C15H13F2NO3S/c1-10-3-2-4-12(9-10)18-14(19)11-5-7-13(8-6-11)22(20,21)15(16)17/h2-9,15H,1H3,(H,18,19). The molecule has 0 spiro atoms. The van der Waals surface area contributed by atoms with Crippen LogP contribution in [0.1, 0.15) is 15.9 Å². The van der Waals surface area contributed by atoms with Crippen molar-refractivity contribution in [3.05, 3.63) is 59.7 Å². The van der Waals surface area contributed by atoms with Crippen molar-refractivity contribution in [1.82, 2.24) is 0 Å². The minimum atomic E-state index is -4.65. The number of hydrogen-bond acceptors (Lipinski definition) is 3. The van der Waals surface area contributed by atoms with Crippen LogP contribution >= 0.6 is 0 Å². The average Bonchev–Trinajstić information content (AvgIpc) is 2.47. The molecule has 2 aromatic carbocycles. The van der Waals surface area contributed by atoms with Gasteiger partial charge in [-0.2, -0.15) is 8.78 Å². The number of alkyl halides is 2. The van der Waals surface area contributed by atoms with Crippen molar-refractivity contribution in [3.63, 3.8) is 0 Å². The summed E-state index contributed by atoms with van der Waals surface area (Å²) in [4.78, 5) is 11.5. The summed E-state index contributed by atoms with van der Waals surface area (Å²) < 4.78 is 47.4. The highest BCUT2D eigenvalue weighted by molar-refractivity contribution is 7.91. The van der Waals surface area contributed by atoms with Crippen molar-refractivity contribution in [2.24, 2.45) is 0 Å². The molecule has 0 fully saturated rings. The van der Waals surface area contributed by atoms with E-state index in [2.05, 4.69) is 5.32 Å². The Morgan fingerprint density at radius 3 is 2.27 bits per heavy atom. The molecule has 0 radical (unpaired) electrons. The highest BCUT2D eigenvalue weighted by atomic mass is 32.2. The van der Waals surface area contributed by atoms with Gasteiger partial charge in [-0.1, -0.05) is 12.1 Å². The molecule has 1 amide bonds. The van der Waals surface area contributed by atoms with Crippen molar-refractivity contribution in [3.8, 4) is 0 Å². The van der Waals surface area contributed by atoms with Crippen LogP contribution in [0.25, 0.3) is 0 Å². The third-order valence-electron chi connectivity index (χ3n) is 2.96. The third kappa shape index (κ3) is 3.48. The molecule has 0 bridgehead atoms. The predicted octanol–water partition coefficient (Wildman–Crippen LogP) is 3.24. The van der Waals surface area contributed by atoms with Gasteiger partial charge in [-0.3, -0.25) is 4.79 Å². The van der Waals surface area contributed by atoms with Crippen LogP contribution < -0.4 is 5.32 Å². The highest BCUT2D eigenvalue weighted by Gasteiger charge is 2.26. The van der Waals surface area contributed by atoms with Gasteiger partial charge in [0.05, 0.1) is 4.90 Å². The van der Waals surface area contributed by atoms with E-state index in [9.17, 15) is 22.0 Å². The van der Waals surface area contributed by atoms with Crippen molar-refractivity contribution in [1.29, 1.82) is 0 Å². The molecule has 116 valence electrons. The molecule has 22 heavy (non-hydrogen) atoms. The minimum Gasteiger partial charge on any atom is -0.322 e. The maximum absolute atomic E-state index is 12.4. The molecule has 4 nitrogen and oxygen atoms in total. The lowest BCUT2D eigenvalue weighted by Gasteiger charge is -2.07. The molecular formula is C15H13F2NO3S. The van der Waals surface area contributed by atoms with Crippen LogP contribution in [-0.2, 0) is 9.84 Å². The number of aryl methyl sites for hydroxylation is 1. The van der Waals surface area contributed by atoms with E-state index in [0.717, 1.165) is 17.7 Å². The molecule has 0 aliphatic rings. The average molecular weight is 325 g/mol. The summed E-state index contributed by atoms with van der Waals surface area (Å²) in [6.45, 7) is 1.87. The van der Waals surface area contributed by atoms with Crippen LogP contribution in [0, 0.1) is 6.92 Å². The monoisotopic (exact) mass is 325 g/mol. The van der Waals surface area contributed by atoms with Gasteiger partial charge in [-0.15, -0.1) is 0 Å². The molecule has 0 atom stereocenters. The number of halogens is 2. The quantitative estimate of drug-likeness (QED) is 0.938. The summed E-state index contributed by atoms with van der Waals surface area (Å²) >= 11 is 0. The van der Waals surface area contributed by atoms with Crippen LogP contribution in [0.3, 0.4) is 0 Å². The fraction of sp³-hybridized carbons (Fsp3) is 0.133. The van der Waals surface area contributed by atoms with E-state index in [-0.39, 0.29) is 5.56 Å². The molecule has 0 aliphatic carbocycles. The van der Waals surface area contributed by atoms with E-state index in [1.54, 1.807) is 18.2 Å². The molecule has 2 rings (SSSR count). The van der Waals surface area contributed by atoms with Crippen molar-refractivity contribution in [2.45, 2.75) is 17.6 Å². The second-order valence-corrected chi connectivity index (χ2v) is 6.57. The van der Waals surface area contributed by atoms with Gasteiger partial charge in [0.15, 0.2) is 0 Å². The Bertz CT molecular complexity index is 787. The Morgan fingerprint density at radius 2 is 1.73 bits per heavy atom. The van der Waals surface area contributed by atoms with Crippen LogP contribution in [0.2, 0.25) is 0 Å². The number of carbonyl (C=O) groups excluding carboxylic acids is 1. The lowest BCUT2D eigenvalue weighted by Crippen LogP contribution is -2.14. The molecule has 2 aromatic rings. The molecular weight excluding hydrogens is 312 g/mol. The van der Waals surface area contributed by atoms with Gasteiger partial charge in [0.2, 0.25) is 9.84 Å². The minimum absolute atomic E-state index is 0.176. The first-order chi connectivity index (χ1) is 10.3. The summed E-state index contributed by atoms with van der Waals surface area (Å²) in [6.07, 6.45) is 0. The number of carbonyl (C=O) groups is 1. The maximum atomic E-state index is 12.4. The summed E-state index contributed by atoms with van der Waals surface area (Å²) in [5.74, 6) is -3.94. The van der Waals surface area contributed by atoms with E-state index in [1.165, 1.54) is 12.1 Å². The molecule has 0 heterocycles. The molecule has 7 heteroatoms. The van der Waals surface area contributed by atoms with E-state index in [1.807, 2.05) is 13.0 Å². The van der Waals surface area contributed by atoms with Gasteiger partial charge in [-0.25, -0.2) is 8.42 Å². The summed E-state index contributed by atoms with van der Waals surface area (Å²) in [7, 11) is -4.65. The topological polar surface area (TPSA) is 63.2 Å². The van der Waals surface area contributed by atoms with Crippen molar-refractivity contribution < 1.29 is 22.0 Å². The zero-order valence-electron chi connectivity index (χ0n) is 11.6. The van der Waals surface area contributed by atoms with E-state index in [0.29, 0.717) is 5.69 Å². The second-order valence-electron chi connectivity index (χ2n) is 4.65. The smallest absolute Gasteiger partial charge is 0.322 e. The molecule has 0 saturated carbocycles. The van der Waals surface area contributed by atoms with Crippen LogP contribution in [0.5, 0.6) is 0 Å². The van der Waals surface area contributed by atoms with Crippen LogP contribution in [-0.4, -0.2) is 20.1 Å². The lowest BCUT2D eigenvalue weighted by atomic mass is 10.2. The molecule has 0 saturated heterocycles. The Balaban J connectivity index is 2.19. The SMILES string of the molecule is Cc1cccc(NC(=O)c2ccc(S(=O)(=O)C(F)F)cc2)c1. The third-order valence-corrected chi connectivity index (χ3v) is 4.35. The van der Waals surface area contributed by atoms with Crippen molar-refractivity contribution >= 4 is 21.4 Å². The van der Waals surface area contributed by atoms with Gasteiger partial charge < -0.3 is 5.32 Å². The summed E-state index contributed by atoms with van der Waals surface area (Å²) in [5, 5.41) is 2.64.